The van der Waals surface area contributed by atoms with Crippen molar-refractivity contribution in [3.63, 3.8) is 0 Å². The van der Waals surface area contributed by atoms with Gasteiger partial charge in [0, 0.05) is 29.9 Å². The Kier molecular flexibility index (Phi) is 5.10. The summed E-state index contributed by atoms with van der Waals surface area (Å²) in [5, 5.41) is 0. The van der Waals surface area contributed by atoms with Gasteiger partial charge in [-0.1, -0.05) is 0 Å². The Morgan fingerprint density at radius 3 is 2.52 bits per heavy atom. The van der Waals surface area contributed by atoms with Crippen LogP contribution in [-0.2, 0) is 26.6 Å². The van der Waals surface area contributed by atoms with Gasteiger partial charge >= 0.3 is 0 Å². The molecule has 8 heteroatoms. The number of benzene rings is 1. The highest BCUT2D eigenvalue weighted by atomic mass is 32.2. The van der Waals surface area contributed by atoms with Crippen molar-refractivity contribution in [3.05, 3.63) is 23.8 Å². The molecule has 1 aromatic rings. The van der Waals surface area contributed by atoms with Crippen molar-refractivity contribution in [2.24, 2.45) is 0 Å². The molecule has 1 heterocycles. The van der Waals surface area contributed by atoms with Gasteiger partial charge in [-0.2, -0.15) is 13.0 Å². The van der Waals surface area contributed by atoms with E-state index in [-0.39, 0.29) is 16.1 Å². The Labute approximate surface area is 139 Å². The molecule has 0 spiro atoms. The summed E-state index contributed by atoms with van der Waals surface area (Å²) in [7, 11) is -3.93. The number of hydrogen-bond acceptors (Lipinski definition) is 4. The summed E-state index contributed by atoms with van der Waals surface area (Å²) in [5.74, 6) is -0.246. The lowest BCUT2D eigenvalue weighted by Gasteiger charge is -2.16. The minimum Gasteiger partial charge on any atom is -0.768 e. The lowest BCUT2D eigenvalue weighted by atomic mass is 9.82. The molecule has 1 aliphatic rings. The molecule has 0 aliphatic carbocycles. The van der Waals surface area contributed by atoms with E-state index in [4.69, 9.17) is 4.55 Å². The first kappa shape index (κ1) is 18.3. The van der Waals surface area contributed by atoms with Gasteiger partial charge in [-0.25, -0.2) is 0 Å². The maximum Gasteiger partial charge on any atom is 0.264 e. The Morgan fingerprint density at radius 1 is 1.30 bits per heavy atom. The van der Waals surface area contributed by atoms with E-state index in [9.17, 15) is 17.2 Å². The van der Waals surface area contributed by atoms with Crippen molar-refractivity contribution in [2.45, 2.75) is 43.9 Å². The third-order valence-corrected chi connectivity index (χ3v) is 5.91. The molecule has 128 valence electrons. The molecule has 2 rings (SSSR count). The van der Waals surface area contributed by atoms with Gasteiger partial charge in [-0.15, -0.1) is 0 Å². The van der Waals surface area contributed by atoms with Crippen LogP contribution in [-0.4, -0.2) is 44.3 Å². The van der Waals surface area contributed by atoms with Crippen LogP contribution in [0.5, 0.6) is 0 Å². The molecular weight excluding hydrogens is 338 g/mol. The average molecular weight is 359 g/mol. The van der Waals surface area contributed by atoms with E-state index in [1.165, 1.54) is 0 Å². The Morgan fingerprint density at radius 2 is 1.96 bits per heavy atom. The molecular formula is C15H21NO5S2. The van der Waals surface area contributed by atoms with Crippen molar-refractivity contribution in [3.8, 4) is 0 Å². The summed E-state index contributed by atoms with van der Waals surface area (Å²) in [4.78, 5) is 0.262. The van der Waals surface area contributed by atoms with Crippen molar-refractivity contribution < 1.29 is 26.3 Å². The van der Waals surface area contributed by atoms with Gasteiger partial charge in [0.05, 0.1) is 11.2 Å². The molecule has 0 bridgehead atoms. The Balaban J connectivity index is 2.25. The predicted molar refractivity (Wildman–Crippen MR) is 87.8 cm³/mol. The smallest absolute Gasteiger partial charge is 0.264 e. The highest BCUT2D eigenvalue weighted by Crippen LogP contribution is 2.40. The van der Waals surface area contributed by atoms with Crippen LogP contribution in [0.15, 0.2) is 23.1 Å². The second-order valence-electron chi connectivity index (χ2n) is 6.27. The number of nitrogens with zero attached hydrogens (tertiary/aromatic N) is 1. The fourth-order valence-electron chi connectivity index (χ4n) is 2.91. The Hall–Kier alpha value is -1.09. The van der Waals surface area contributed by atoms with E-state index in [0.717, 1.165) is 17.0 Å². The monoisotopic (exact) mass is 359 g/mol. The van der Waals surface area contributed by atoms with Crippen LogP contribution in [0.25, 0.3) is 0 Å². The SMILES string of the molecule is CC1=[N+](CCCCS(=O)(=O)O)c2ccc(S(=O)[O-])cc2C1(C)C. The van der Waals surface area contributed by atoms with Crippen LogP contribution >= 0.6 is 0 Å². The molecule has 0 aromatic heterocycles. The molecule has 1 aliphatic heterocycles. The van der Waals surface area contributed by atoms with Crippen LogP contribution in [0.4, 0.5) is 5.69 Å². The quantitative estimate of drug-likeness (QED) is 0.362. The predicted octanol–water partition coefficient (Wildman–Crippen LogP) is 1.99. The minimum atomic E-state index is -3.93. The van der Waals surface area contributed by atoms with Crippen LogP contribution in [0, 0.1) is 0 Å². The first-order valence-corrected chi connectivity index (χ1v) is 10.0. The van der Waals surface area contributed by atoms with Crippen molar-refractivity contribution in [2.75, 3.05) is 12.3 Å². The third-order valence-electron chi connectivity index (χ3n) is 4.47. The highest BCUT2D eigenvalue weighted by Gasteiger charge is 2.42. The zero-order valence-corrected chi connectivity index (χ0v) is 15.0. The van der Waals surface area contributed by atoms with Gasteiger partial charge in [0.25, 0.3) is 10.1 Å². The largest absolute Gasteiger partial charge is 0.768 e. The van der Waals surface area contributed by atoms with Gasteiger partial charge in [0.1, 0.15) is 6.54 Å². The number of unbranched alkanes of at least 4 members (excludes halogenated alkanes) is 1. The third kappa shape index (κ3) is 3.88. The van der Waals surface area contributed by atoms with E-state index in [1.807, 2.05) is 20.8 Å². The number of hydrogen-bond donors (Lipinski definition) is 1. The van der Waals surface area contributed by atoms with Gasteiger partial charge in [-0.05, 0) is 43.5 Å². The van der Waals surface area contributed by atoms with E-state index < -0.39 is 21.2 Å². The summed E-state index contributed by atoms with van der Waals surface area (Å²) in [6, 6.07) is 5.06. The van der Waals surface area contributed by atoms with E-state index >= 15 is 0 Å². The maximum absolute atomic E-state index is 11.2. The first-order valence-electron chi connectivity index (χ1n) is 7.34. The van der Waals surface area contributed by atoms with E-state index in [2.05, 4.69) is 4.58 Å². The zero-order chi connectivity index (χ0) is 17.4. The summed E-state index contributed by atoms with van der Waals surface area (Å²) in [5.41, 5.74) is 2.71. The van der Waals surface area contributed by atoms with Crippen LogP contribution in [0.3, 0.4) is 0 Å². The summed E-state index contributed by atoms with van der Waals surface area (Å²) < 4.78 is 54.8. The fourth-order valence-corrected chi connectivity index (χ4v) is 3.87. The molecule has 1 unspecified atom stereocenters. The maximum atomic E-state index is 11.2. The molecule has 1 N–H and O–H groups in total. The molecule has 0 amide bonds. The van der Waals surface area contributed by atoms with Crippen molar-refractivity contribution >= 4 is 32.6 Å². The molecule has 0 saturated heterocycles. The molecule has 0 fully saturated rings. The van der Waals surface area contributed by atoms with Crippen LogP contribution < -0.4 is 0 Å². The van der Waals surface area contributed by atoms with E-state index in [0.29, 0.717) is 19.4 Å². The fraction of sp³-hybridized carbons (Fsp3) is 0.533. The summed E-state index contributed by atoms with van der Waals surface area (Å²) in [6.07, 6.45) is 0.989. The lowest BCUT2D eigenvalue weighted by Crippen LogP contribution is -2.26. The minimum absolute atomic E-state index is 0.246. The molecule has 1 atom stereocenters. The van der Waals surface area contributed by atoms with E-state index in [1.54, 1.807) is 18.2 Å². The van der Waals surface area contributed by atoms with Gasteiger partial charge in [0.2, 0.25) is 5.69 Å². The molecule has 6 nitrogen and oxygen atoms in total. The van der Waals surface area contributed by atoms with Crippen LogP contribution in [0.2, 0.25) is 0 Å². The average Bonchev–Trinajstić information content (AvgIpc) is 2.62. The van der Waals surface area contributed by atoms with Crippen molar-refractivity contribution in [1.29, 1.82) is 0 Å². The highest BCUT2D eigenvalue weighted by molar-refractivity contribution is 7.85. The molecule has 0 radical (unpaired) electrons. The van der Waals surface area contributed by atoms with Gasteiger partial charge < -0.3 is 4.55 Å². The molecule has 1 aromatic carbocycles. The summed E-state index contributed by atoms with van der Waals surface area (Å²) in [6.45, 7) is 6.70. The second-order valence-corrected chi connectivity index (χ2v) is 8.78. The van der Waals surface area contributed by atoms with Crippen LogP contribution in [0.1, 0.15) is 39.2 Å². The second kappa shape index (κ2) is 6.43. The number of fused-ring (bicyclic) bond motifs is 1. The van der Waals surface area contributed by atoms with Gasteiger partial charge in [-0.3, -0.25) is 8.76 Å². The topological polar surface area (TPSA) is 97.5 Å². The number of rotatable bonds is 6. The standard InChI is InChI=1S/C15H21NO5S2/c1-11-15(2,3)13-10-12(22(17)18)6-7-14(13)16(11)8-4-5-9-23(19,20)21/h6-7,10H,4-5,8-9H2,1-3H3,(H-,17,18,19,20,21). The molecule has 0 saturated carbocycles. The molecule has 23 heavy (non-hydrogen) atoms. The lowest BCUT2D eigenvalue weighted by molar-refractivity contribution is -0.439. The Bertz CT molecular complexity index is 781. The van der Waals surface area contributed by atoms with Crippen molar-refractivity contribution in [1.82, 2.24) is 0 Å². The van der Waals surface area contributed by atoms with Gasteiger partial charge in [0.15, 0.2) is 5.71 Å². The summed E-state index contributed by atoms with van der Waals surface area (Å²) >= 11 is -2.27. The first-order chi connectivity index (χ1) is 10.5. The zero-order valence-electron chi connectivity index (χ0n) is 13.4. The normalized spacial score (nSPS) is 18.1.